The molecule has 1 unspecified atom stereocenters. The molecule has 3 aromatic rings. The Balaban J connectivity index is 1.78. The number of carbonyl (C=O) groups excluding carboxylic acids is 2. The first-order valence-electron chi connectivity index (χ1n) is 9.87. The van der Waals surface area contributed by atoms with E-state index in [0.29, 0.717) is 19.7 Å². The fourth-order valence-electron chi connectivity index (χ4n) is 3.15. The van der Waals surface area contributed by atoms with Gasteiger partial charge in [-0.25, -0.2) is 0 Å². The molecule has 164 valence electrons. The molecule has 2 heterocycles. The zero-order valence-corrected chi connectivity index (χ0v) is 19.2. The van der Waals surface area contributed by atoms with Crippen molar-refractivity contribution in [3.63, 3.8) is 0 Å². The number of carbonyl (C=O) groups is 2. The largest absolute Gasteiger partial charge is 0.497 e. The molecule has 0 fully saturated rings. The van der Waals surface area contributed by atoms with Gasteiger partial charge in [0.05, 0.1) is 20.1 Å². The summed E-state index contributed by atoms with van der Waals surface area (Å²) >= 11 is 3.00. The lowest BCUT2D eigenvalue weighted by Gasteiger charge is -2.30. The van der Waals surface area contributed by atoms with Crippen molar-refractivity contribution in [1.29, 1.82) is 0 Å². The predicted molar refractivity (Wildman–Crippen MR) is 124 cm³/mol. The normalized spacial score (nSPS) is 11.7. The van der Waals surface area contributed by atoms with Crippen molar-refractivity contribution >= 4 is 34.5 Å². The fourth-order valence-corrected chi connectivity index (χ4v) is 4.68. The van der Waals surface area contributed by atoms with Crippen LogP contribution in [-0.4, -0.2) is 44.1 Å². The lowest BCUT2D eigenvalue weighted by molar-refractivity contribution is -0.141. The molecule has 0 spiro atoms. The van der Waals surface area contributed by atoms with Gasteiger partial charge in [-0.1, -0.05) is 24.3 Å². The smallest absolute Gasteiger partial charge is 0.248 e. The molecule has 1 N–H and O–H groups in total. The highest BCUT2D eigenvalue weighted by molar-refractivity contribution is 7.10. The number of hydrogen-bond donors (Lipinski definition) is 1. The molecule has 6 nitrogen and oxygen atoms in total. The van der Waals surface area contributed by atoms with E-state index in [1.165, 1.54) is 22.7 Å². The van der Waals surface area contributed by atoms with E-state index in [0.717, 1.165) is 21.1 Å². The zero-order valence-electron chi connectivity index (χ0n) is 17.6. The molecule has 31 heavy (non-hydrogen) atoms. The van der Waals surface area contributed by atoms with Crippen LogP contribution in [0.2, 0.25) is 0 Å². The van der Waals surface area contributed by atoms with E-state index >= 15 is 0 Å². The average molecular weight is 459 g/mol. The molecular formula is C23H26N2O4S2. The molecule has 0 saturated heterocycles. The number of methoxy groups -OCH3 is 2. The zero-order chi connectivity index (χ0) is 22.1. The maximum absolute atomic E-state index is 13.3. The number of thiophene rings is 2. The second kappa shape index (κ2) is 11.6. The molecule has 2 aromatic heterocycles. The van der Waals surface area contributed by atoms with Gasteiger partial charge in [-0.2, -0.15) is 0 Å². The fraction of sp³-hybridized carbons (Fsp3) is 0.304. The number of ether oxygens (including phenoxy) is 2. The van der Waals surface area contributed by atoms with Crippen molar-refractivity contribution in [3.05, 3.63) is 74.6 Å². The molecule has 2 amide bonds. The van der Waals surface area contributed by atoms with Crippen LogP contribution in [0.3, 0.4) is 0 Å². The van der Waals surface area contributed by atoms with Gasteiger partial charge in [0.1, 0.15) is 11.8 Å². The third-order valence-corrected chi connectivity index (χ3v) is 6.56. The standard InChI is InChI=1S/C23H26N2O4S2/c1-28-12-11-25(21(26)15-19-5-3-13-30-19)22(20-6-4-14-31-20)23(27)24-16-17-7-9-18(29-2)10-8-17/h3-10,13-14,22H,11-12,15-16H2,1-2H3,(H,24,27). The van der Waals surface area contributed by atoms with E-state index in [1.54, 1.807) is 19.1 Å². The van der Waals surface area contributed by atoms with Crippen molar-refractivity contribution in [1.82, 2.24) is 10.2 Å². The summed E-state index contributed by atoms with van der Waals surface area (Å²) in [6, 6.07) is 14.4. The summed E-state index contributed by atoms with van der Waals surface area (Å²) in [4.78, 5) is 29.9. The van der Waals surface area contributed by atoms with E-state index in [2.05, 4.69) is 5.32 Å². The van der Waals surface area contributed by atoms with E-state index in [1.807, 2.05) is 59.3 Å². The Morgan fingerprint density at radius 1 is 1.03 bits per heavy atom. The first-order valence-corrected chi connectivity index (χ1v) is 11.6. The monoisotopic (exact) mass is 458 g/mol. The Bertz CT molecular complexity index is 941. The summed E-state index contributed by atoms with van der Waals surface area (Å²) in [6.07, 6.45) is 0.259. The number of amides is 2. The van der Waals surface area contributed by atoms with Crippen molar-refractivity contribution in [3.8, 4) is 5.75 Å². The van der Waals surface area contributed by atoms with Crippen LogP contribution >= 0.6 is 22.7 Å². The highest BCUT2D eigenvalue weighted by Gasteiger charge is 2.32. The highest BCUT2D eigenvalue weighted by atomic mass is 32.1. The van der Waals surface area contributed by atoms with Crippen LogP contribution in [0.1, 0.15) is 21.4 Å². The number of nitrogens with one attached hydrogen (secondary N) is 1. The van der Waals surface area contributed by atoms with Gasteiger partial charge in [0.25, 0.3) is 0 Å². The maximum Gasteiger partial charge on any atom is 0.248 e. The number of nitrogens with zero attached hydrogens (tertiary/aromatic N) is 1. The van der Waals surface area contributed by atoms with Crippen molar-refractivity contribution in [2.45, 2.75) is 19.0 Å². The van der Waals surface area contributed by atoms with E-state index < -0.39 is 6.04 Å². The van der Waals surface area contributed by atoms with Gasteiger partial charge in [-0.05, 0) is 40.6 Å². The van der Waals surface area contributed by atoms with E-state index in [4.69, 9.17) is 9.47 Å². The van der Waals surface area contributed by atoms with Gasteiger partial charge in [0.15, 0.2) is 0 Å². The third kappa shape index (κ3) is 6.40. The second-order valence-electron chi connectivity index (χ2n) is 6.82. The van der Waals surface area contributed by atoms with Gasteiger partial charge in [-0.15, -0.1) is 22.7 Å². The highest BCUT2D eigenvalue weighted by Crippen LogP contribution is 2.27. The topological polar surface area (TPSA) is 67.9 Å². The first-order chi connectivity index (χ1) is 15.1. The number of hydrogen-bond acceptors (Lipinski definition) is 6. The van der Waals surface area contributed by atoms with Crippen LogP contribution in [-0.2, 0) is 27.3 Å². The van der Waals surface area contributed by atoms with Crippen LogP contribution in [0.15, 0.2) is 59.3 Å². The van der Waals surface area contributed by atoms with Gasteiger partial charge in [0, 0.05) is 30.0 Å². The molecule has 3 rings (SSSR count). The maximum atomic E-state index is 13.3. The van der Waals surface area contributed by atoms with Crippen LogP contribution in [0.4, 0.5) is 0 Å². The minimum absolute atomic E-state index is 0.0995. The van der Waals surface area contributed by atoms with Gasteiger partial charge >= 0.3 is 0 Å². The Morgan fingerprint density at radius 2 is 1.77 bits per heavy atom. The molecule has 0 aliphatic rings. The van der Waals surface area contributed by atoms with Crippen LogP contribution in [0.25, 0.3) is 0 Å². The van der Waals surface area contributed by atoms with Gasteiger partial charge < -0.3 is 19.7 Å². The molecule has 0 aliphatic carbocycles. The lowest BCUT2D eigenvalue weighted by Crippen LogP contribution is -2.45. The Kier molecular flexibility index (Phi) is 8.63. The van der Waals surface area contributed by atoms with Gasteiger partial charge in [-0.3, -0.25) is 9.59 Å². The Hall–Kier alpha value is -2.68. The summed E-state index contributed by atoms with van der Waals surface area (Å²) in [6.45, 7) is 1.05. The summed E-state index contributed by atoms with van der Waals surface area (Å²) < 4.78 is 10.4. The molecule has 1 aromatic carbocycles. The minimum Gasteiger partial charge on any atom is -0.497 e. The van der Waals surface area contributed by atoms with Gasteiger partial charge in [0.2, 0.25) is 11.8 Å². The Morgan fingerprint density at radius 3 is 2.39 bits per heavy atom. The van der Waals surface area contributed by atoms with Crippen molar-refractivity contribution < 1.29 is 19.1 Å². The van der Waals surface area contributed by atoms with Crippen molar-refractivity contribution in [2.75, 3.05) is 27.4 Å². The SMILES string of the molecule is COCCN(C(=O)Cc1cccs1)C(C(=O)NCc1ccc(OC)cc1)c1cccs1. The summed E-state index contributed by atoms with van der Waals surface area (Å²) in [5.74, 6) is 0.447. The third-order valence-electron chi connectivity index (χ3n) is 4.76. The summed E-state index contributed by atoms with van der Waals surface area (Å²) in [5.41, 5.74) is 0.951. The molecule has 0 bridgehead atoms. The number of benzene rings is 1. The second-order valence-corrected chi connectivity index (χ2v) is 8.83. The molecule has 8 heteroatoms. The first kappa shape index (κ1) is 23.0. The average Bonchev–Trinajstić information content (AvgIpc) is 3.49. The minimum atomic E-state index is -0.708. The van der Waals surface area contributed by atoms with E-state index in [9.17, 15) is 9.59 Å². The lowest BCUT2D eigenvalue weighted by atomic mass is 10.1. The molecule has 1 atom stereocenters. The predicted octanol–water partition coefficient (Wildman–Crippen LogP) is 3.89. The molecule has 0 radical (unpaired) electrons. The quantitative estimate of drug-likeness (QED) is 0.473. The van der Waals surface area contributed by atoms with Crippen LogP contribution < -0.4 is 10.1 Å². The molecular weight excluding hydrogens is 432 g/mol. The summed E-state index contributed by atoms with van der Waals surface area (Å²) in [7, 11) is 3.20. The molecule has 0 aliphatic heterocycles. The number of rotatable bonds is 11. The van der Waals surface area contributed by atoms with Crippen LogP contribution in [0, 0.1) is 0 Å². The summed E-state index contributed by atoms with van der Waals surface area (Å²) in [5, 5.41) is 6.85. The molecule has 0 saturated carbocycles. The van der Waals surface area contributed by atoms with E-state index in [-0.39, 0.29) is 18.2 Å². The Labute approximate surface area is 190 Å². The van der Waals surface area contributed by atoms with Crippen LogP contribution in [0.5, 0.6) is 5.75 Å². The van der Waals surface area contributed by atoms with Crippen molar-refractivity contribution in [2.24, 2.45) is 0 Å².